The number of carbonyl (C=O) groups is 2. The highest BCUT2D eigenvalue weighted by atomic mass is 16.6. The summed E-state index contributed by atoms with van der Waals surface area (Å²) in [6.45, 7) is 3.48. The Morgan fingerprint density at radius 2 is 1.57 bits per heavy atom. The lowest BCUT2D eigenvalue weighted by Crippen LogP contribution is -2.49. The van der Waals surface area contributed by atoms with Crippen molar-refractivity contribution in [3.05, 3.63) is 35.9 Å². The van der Waals surface area contributed by atoms with Crippen molar-refractivity contribution < 1.29 is 23.8 Å². The fourth-order valence-corrected chi connectivity index (χ4v) is 1.55. The van der Waals surface area contributed by atoms with E-state index in [-0.39, 0.29) is 13.2 Å². The van der Waals surface area contributed by atoms with Crippen LogP contribution in [-0.2, 0) is 23.8 Å². The van der Waals surface area contributed by atoms with Crippen LogP contribution in [0.4, 0.5) is 0 Å². The van der Waals surface area contributed by atoms with Crippen LogP contribution < -0.4 is 0 Å². The second-order valence-electron chi connectivity index (χ2n) is 3.94. The van der Waals surface area contributed by atoms with E-state index in [4.69, 9.17) is 14.2 Å². The van der Waals surface area contributed by atoms with Gasteiger partial charge in [0.2, 0.25) is 0 Å². The van der Waals surface area contributed by atoms with Gasteiger partial charge in [-0.3, -0.25) is 0 Å². The van der Waals surface area contributed by atoms with Gasteiger partial charge in [-0.1, -0.05) is 24.1 Å². The number of rotatable bonds is 5. The normalized spacial score (nSPS) is 10.2. The highest BCUT2D eigenvalue weighted by Gasteiger charge is 2.48. The third kappa shape index (κ3) is 4.07. The van der Waals surface area contributed by atoms with E-state index in [0.717, 1.165) is 0 Å². The molecule has 112 valence electrons. The first kappa shape index (κ1) is 16.7. The summed E-state index contributed by atoms with van der Waals surface area (Å²) in [5.74, 6) is 3.53. The lowest BCUT2D eigenvalue weighted by atomic mass is 10.0. The van der Waals surface area contributed by atoms with E-state index in [0.29, 0.717) is 5.56 Å². The quantitative estimate of drug-likeness (QED) is 0.468. The maximum absolute atomic E-state index is 12.1. The largest absolute Gasteiger partial charge is 0.463 e. The van der Waals surface area contributed by atoms with Gasteiger partial charge in [0.15, 0.2) is 0 Å². The molecule has 0 spiro atoms. The highest BCUT2D eigenvalue weighted by molar-refractivity contribution is 6.07. The molecule has 1 rings (SSSR count). The van der Waals surface area contributed by atoms with Gasteiger partial charge < -0.3 is 14.2 Å². The van der Waals surface area contributed by atoms with Crippen molar-refractivity contribution in [1.82, 2.24) is 0 Å². The van der Waals surface area contributed by atoms with Crippen molar-refractivity contribution in [3.8, 4) is 11.8 Å². The minimum atomic E-state index is -2.07. The summed E-state index contributed by atoms with van der Waals surface area (Å²) in [5.41, 5.74) is -1.42. The maximum atomic E-state index is 12.1. The Morgan fingerprint density at radius 3 is 2.00 bits per heavy atom. The first-order chi connectivity index (χ1) is 10.1. The molecule has 0 N–H and O–H groups in total. The average Bonchev–Trinajstić information content (AvgIpc) is 2.50. The fourth-order valence-electron chi connectivity index (χ4n) is 1.55. The number of esters is 2. The van der Waals surface area contributed by atoms with Crippen LogP contribution in [0.1, 0.15) is 19.4 Å². The molecule has 0 saturated carbocycles. The molecule has 5 nitrogen and oxygen atoms in total. The van der Waals surface area contributed by atoms with Gasteiger partial charge in [-0.15, -0.1) is 0 Å². The lowest BCUT2D eigenvalue weighted by molar-refractivity contribution is -0.179. The number of methoxy groups -OCH3 is 1. The lowest BCUT2D eigenvalue weighted by Gasteiger charge is -2.22. The first-order valence-corrected chi connectivity index (χ1v) is 6.58. The van der Waals surface area contributed by atoms with Gasteiger partial charge in [0.25, 0.3) is 0 Å². The molecule has 0 heterocycles. The molecule has 1 aromatic rings. The molecule has 0 saturated heterocycles. The van der Waals surface area contributed by atoms with Crippen LogP contribution in [-0.4, -0.2) is 37.9 Å². The standard InChI is InChI=1S/C16H18O5/c1-4-20-14(17)16(19-3,15(18)21-5-2)12-11-13-9-7-6-8-10-13/h6-10H,4-5H2,1-3H3. The van der Waals surface area contributed by atoms with Crippen molar-refractivity contribution in [2.24, 2.45) is 0 Å². The molecule has 0 radical (unpaired) electrons. The van der Waals surface area contributed by atoms with Gasteiger partial charge in [0.05, 0.1) is 13.2 Å². The van der Waals surface area contributed by atoms with E-state index in [9.17, 15) is 9.59 Å². The predicted molar refractivity (Wildman–Crippen MR) is 76.3 cm³/mol. The second kappa shape index (κ2) is 8.08. The van der Waals surface area contributed by atoms with Crippen LogP contribution in [0.25, 0.3) is 0 Å². The molecule has 0 atom stereocenters. The molecule has 0 amide bonds. The van der Waals surface area contributed by atoms with Crippen molar-refractivity contribution in [2.45, 2.75) is 19.4 Å². The molecule has 5 heteroatoms. The summed E-state index contributed by atoms with van der Waals surface area (Å²) >= 11 is 0. The van der Waals surface area contributed by atoms with Crippen LogP contribution in [0.3, 0.4) is 0 Å². The zero-order chi connectivity index (χ0) is 15.7. The molecular formula is C16H18O5. The van der Waals surface area contributed by atoms with Gasteiger partial charge >= 0.3 is 17.5 Å². The van der Waals surface area contributed by atoms with Crippen molar-refractivity contribution in [3.63, 3.8) is 0 Å². The minimum Gasteiger partial charge on any atom is -0.463 e. The second-order valence-corrected chi connectivity index (χ2v) is 3.94. The van der Waals surface area contributed by atoms with E-state index in [1.807, 2.05) is 6.07 Å². The molecule has 0 unspecified atom stereocenters. The van der Waals surface area contributed by atoms with Crippen molar-refractivity contribution in [1.29, 1.82) is 0 Å². The summed E-state index contributed by atoms with van der Waals surface area (Å²) in [6, 6.07) is 8.94. The minimum absolute atomic E-state index is 0.108. The van der Waals surface area contributed by atoms with Crippen molar-refractivity contribution >= 4 is 11.9 Å². The summed E-state index contributed by atoms with van der Waals surface area (Å²) in [4.78, 5) is 24.2. The molecule has 1 aromatic carbocycles. The summed E-state index contributed by atoms with van der Waals surface area (Å²) in [6.07, 6.45) is 0. The monoisotopic (exact) mass is 290 g/mol. The van der Waals surface area contributed by atoms with E-state index in [2.05, 4.69) is 11.8 Å². The average molecular weight is 290 g/mol. The Kier molecular flexibility index (Phi) is 6.44. The third-order valence-electron chi connectivity index (χ3n) is 2.59. The summed E-state index contributed by atoms with van der Waals surface area (Å²) in [5, 5.41) is 0. The van der Waals surface area contributed by atoms with Gasteiger partial charge in [-0.05, 0) is 31.9 Å². The molecule has 21 heavy (non-hydrogen) atoms. The summed E-state index contributed by atoms with van der Waals surface area (Å²) < 4.78 is 14.8. The van der Waals surface area contributed by atoms with E-state index < -0.39 is 17.5 Å². The van der Waals surface area contributed by atoms with Gasteiger partial charge in [-0.25, -0.2) is 9.59 Å². The van der Waals surface area contributed by atoms with Gasteiger partial charge in [0, 0.05) is 12.7 Å². The molecular weight excluding hydrogens is 272 g/mol. The van der Waals surface area contributed by atoms with Crippen LogP contribution >= 0.6 is 0 Å². The van der Waals surface area contributed by atoms with Crippen LogP contribution in [0, 0.1) is 11.8 Å². The number of benzene rings is 1. The number of hydrogen-bond acceptors (Lipinski definition) is 5. The number of carbonyl (C=O) groups excluding carboxylic acids is 2. The Morgan fingerprint density at radius 1 is 1.05 bits per heavy atom. The third-order valence-corrected chi connectivity index (χ3v) is 2.59. The molecule has 0 aromatic heterocycles. The molecule has 0 aliphatic rings. The van der Waals surface area contributed by atoms with E-state index in [1.165, 1.54) is 7.11 Å². The molecule has 0 aliphatic heterocycles. The smallest absolute Gasteiger partial charge is 0.363 e. The summed E-state index contributed by atoms with van der Waals surface area (Å²) in [7, 11) is 1.22. The zero-order valence-corrected chi connectivity index (χ0v) is 12.3. The van der Waals surface area contributed by atoms with Gasteiger partial charge in [-0.2, -0.15) is 0 Å². The Balaban J connectivity index is 3.20. The predicted octanol–water partition coefficient (Wildman–Crippen LogP) is 1.55. The van der Waals surface area contributed by atoms with E-state index in [1.54, 1.807) is 38.1 Å². The fraction of sp³-hybridized carbons (Fsp3) is 0.375. The highest BCUT2D eigenvalue weighted by Crippen LogP contribution is 2.15. The van der Waals surface area contributed by atoms with Gasteiger partial charge in [0.1, 0.15) is 0 Å². The number of hydrogen-bond donors (Lipinski definition) is 0. The van der Waals surface area contributed by atoms with Crippen LogP contribution in [0.2, 0.25) is 0 Å². The van der Waals surface area contributed by atoms with Crippen molar-refractivity contribution in [2.75, 3.05) is 20.3 Å². The van der Waals surface area contributed by atoms with Crippen LogP contribution in [0.15, 0.2) is 30.3 Å². The molecule has 0 aliphatic carbocycles. The Labute approximate surface area is 124 Å². The Bertz CT molecular complexity index is 521. The van der Waals surface area contributed by atoms with Crippen LogP contribution in [0.5, 0.6) is 0 Å². The first-order valence-electron chi connectivity index (χ1n) is 6.58. The Hall–Kier alpha value is -2.32. The molecule has 0 bridgehead atoms. The molecule has 0 fully saturated rings. The topological polar surface area (TPSA) is 61.8 Å². The SMILES string of the molecule is CCOC(=O)C(C#Cc1ccccc1)(OC)C(=O)OCC. The number of ether oxygens (including phenoxy) is 3. The maximum Gasteiger partial charge on any atom is 0.363 e. The zero-order valence-electron chi connectivity index (χ0n) is 12.3. The van der Waals surface area contributed by atoms with E-state index >= 15 is 0 Å².